The minimum absolute atomic E-state index is 0.0514. The van der Waals surface area contributed by atoms with Gasteiger partial charge in [-0.25, -0.2) is 8.42 Å². The van der Waals surface area contributed by atoms with Crippen molar-refractivity contribution in [1.29, 1.82) is 0 Å². The van der Waals surface area contributed by atoms with E-state index in [1.165, 1.54) is 0 Å². The molecule has 7 heteroatoms. The molecule has 1 heterocycles. The minimum Gasteiger partial charge on any atom is -0.466 e. The van der Waals surface area contributed by atoms with Crippen molar-refractivity contribution in [1.82, 2.24) is 0 Å². The number of esters is 2. The van der Waals surface area contributed by atoms with Crippen LogP contribution in [-0.4, -0.2) is 45.1 Å². The number of unbranched alkanes of at least 4 members (excludes halogenated alkanes) is 2. The van der Waals surface area contributed by atoms with Gasteiger partial charge in [-0.3, -0.25) is 9.59 Å². The van der Waals surface area contributed by atoms with E-state index >= 15 is 0 Å². The molecule has 23 heavy (non-hydrogen) atoms. The topological polar surface area (TPSA) is 86.7 Å². The average molecular weight is 348 g/mol. The van der Waals surface area contributed by atoms with Gasteiger partial charge in [0, 0.05) is 12.8 Å². The van der Waals surface area contributed by atoms with Gasteiger partial charge in [-0.1, -0.05) is 26.7 Å². The minimum atomic E-state index is -3.20. The Balaban J connectivity index is 2.50. The van der Waals surface area contributed by atoms with Gasteiger partial charge in [0.25, 0.3) is 0 Å². The Kier molecular flexibility index (Phi) is 8.58. The van der Waals surface area contributed by atoms with E-state index in [1.807, 2.05) is 13.8 Å². The third-order valence-electron chi connectivity index (χ3n) is 3.98. The van der Waals surface area contributed by atoms with Crippen LogP contribution in [0.25, 0.3) is 0 Å². The van der Waals surface area contributed by atoms with E-state index in [1.54, 1.807) is 0 Å². The Bertz CT molecular complexity index is 447. The van der Waals surface area contributed by atoms with Crippen LogP contribution in [0.3, 0.4) is 0 Å². The van der Waals surface area contributed by atoms with Crippen LogP contribution in [-0.2, 0) is 28.9 Å². The molecule has 0 bridgehead atoms. The molecule has 6 nitrogen and oxygen atoms in total. The second-order valence-corrected chi connectivity index (χ2v) is 8.31. The summed E-state index contributed by atoms with van der Waals surface area (Å²) in [7, 11) is -3.20. The van der Waals surface area contributed by atoms with E-state index in [2.05, 4.69) is 0 Å². The Morgan fingerprint density at radius 1 is 0.870 bits per heavy atom. The molecule has 0 radical (unpaired) electrons. The average Bonchev–Trinajstić information content (AvgIpc) is 2.73. The fourth-order valence-electron chi connectivity index (χ4n) is 2.65. The number of hydrogen-bond donors (Lipinski definition) is 0. The van der Waals surface area contributed by atoms with E-state index < -0.39 is 9.84 Å². The quantitative estimate of drug-likeness (QED) is 0.444. The summed E-state index contributed by atoms with van der Waals surface area (Å²) >= 11 is 0. The summed E-state index contributed by atoms with van der Waals surface area (Å²) in [4.78, 5) is 23.6. The van der Waals surface area contributed by atoms with Crippen LogP contribution in [0.4, 0.5) is 0 Å². The second-order valence-electron chi connectivity index (χ2n) is 6.15. The van der Waals surface area contributed by atoms with Crippen molar-refractivity contribution in [2.24, 2.45) is 11.8 Å². The molecule has 2 unspecified atom stereocenters. The summed E-state index contributed by atoms with van der Waals surface area (Å²) in [5.74, 6) is -1.58. The van der Waals surface area contributed by atoms with E-state index in [-0.39, 0.29) is 48.1 Å². The molecule has 0 amide bonds. The molecule has 1 aliphatic heterocycles. The van der Waals surface area contributed by atoms with Crippen LogP contribution in [0.5, 0.6) is 0 Å². The molecule has 0 aromatic rings. The van der Waals surface area contributed by atoms with Gasteiger partial charge >= 0.3 is 11.9 Å². The zero-order chi connectivity index (χ0) is 17.3. The molecule has 0 N–H and O–H groups in total. The largest absolute Gasteiger partial charge is 0.466 e. The van der Waals surface area contributed by atoms with E-state index in [0.717, 1.165) is 25.7 Å². The Morgan fingerprint density at radius 2 is 1.26 bits per heavy atom. The maximum absolute atomic E-state index is 11.8. The lowest BCUT2D eigenvalue weighted by atomic mass is 9.90. The van der Waals surface area contributed by atoms with Crippen LogP contribution in [0.15, 0.2) is 0 Å². The highest BCUT2D eigenvalue weighted by molar-refractivity contribution is 7.91. The van der Waals surface area contributed by atoms with E-state index in [9.17, 15) is 18.0 Å². The summed E-state index contributed by atoms with van der Waals surface area (Å²) in [5, 5.41) is 0. The summed E-state index contributed by atoms with van der Waals surface area (Å²) < 4.78 is 33.9. The van der Waals surface area contributed by atoms with Crippen LogP contribution in [0, 0.1) is 11.8 Å². The van der Waals surface area contributed by atoms with Crippen molar-refractivity contribution in [3.05, 3.63) is 0 Å². The van der Waals surface area contributed by atoms with Crippen LogP contribution < -0.4 is 0 Å². The Hall–Kier alpha value is -1.11. The first kappa shape index (κ1) is 19.9. The van der Waals surface area contributed by atoms with Gasteiger partial charge in [0.05, 0.1) is 24.7 Å². The lowest BCUT2D eigenvalue weighted by Gasteiger charge is -2.16. The molecule has 1 aliphatic rings. The summed E-state index contributed by atoms with van der Waals surface area (Å²) in [6.45, 7) is 4.71. The van der Waals surface area contributed by atoms with Crippen molar-refractivity contribution < 1.29 is 27.5 Å². The number of carbonyl (C=O) groups is 2. The predicted octanol–water partition coefficient (Wildman–Crippen LogP) is 2.11. The Morgan fingerprint density at radius 3 is 1.61 bits per heavy atom. The molecule has 134 valence electrons. The fraction of sp³-hybridized carbons (Fsp3) is 0.875. The first-order valence-corrected chi connectivity index (χ1v) is 10.2. The first-order chi connectivity index (χ1) is 10.9. The maximum Gasteiger partial charge on any atom is 0.306 e. The highest BCUT2D eigenvalue weighted by Gasteiger charge is 2.40. The zero-order valence-corrected chi connectivity index (χ0v) is 14.9. The Labute approximate surface area is 138 Å². The number of hydrogen-bond acceptors (Lipinski definition) is 6. The van der Waals surface area contributed by atoms with Gasteiger partial charge < -0.3 is 9.47 Å². The first-order valence-electron chi connectivity index (χ1n) is 8.39. The normalized spacial score (nSPS) is 22.7. The van der Waals surface area contributed by atoms with E-state index in [0.29, 0.717) is 13.2 Å². The van der Waals surface area contributed by atoms with E-state index in [4.69, 9.17) is 9.47 Å². The third-order valence-corrected chi connectivity index (χ3v) is 5.85. The third kappa shape index (κ3) is 7.81. The number of ether oxygens (including phenoxy) is 2. The van der Waals surface area contributed by atoms with Crippen molar-refractivity contribution in [2.75, 3.05) is 24.7 Å². The van der Waals surface area contributed by atoms with Gasteiger partial charge in [-0.15, -0.1) is 0 Å². The fourth-order valence-corrected chi connectivity index (χ4v) is 4.87. The molecule has 0 aromatic heterocycles. The second kappa shape index (κ2) is 9.90. The molecular weight excluding hydrogens is 320 g/mol. The molecule has 1 fully saturated rings. The maximum atomic E-state index is 11.8. The predicted molar refractivity (Wildman–Crippen MR) is 86.6 cm³/mol. The molecular formula is C16H28O6S. The van der Waals surface area contributed by atoms with Crippen molar-refractivity contribution in [3.8, 4) is 0 Å². The highest BCUT2D eigenvalue weighted by atomic mass is 32.2. The lowest BCUT2D eigenvalue weighted by molar-refractivity contribution is -0.148. The van der Waals surface area contributed by atoms with Gasteiger partial charge in [0.1, 0.15) is 0 Å². The number of rotatable bonds is 10. The van der Waals surface area contributed by atoms with Crippen molar-refractivity contribution in [2.45, 2.75) is 52.4 Å². The molecule has 1 saturated heterocycles. The summed E-state index contributed by atoms with van der Waals surface area (Å²) in [6, 6.07) is 0. The van der Waals surface area contributed by atoms with Gasteiger partial charge in [-0.05, 0) is 24.7 Å². The molecule has 1 rings (SSSR count). The van der Waals surface area contributed by atoms with Crippen LogP contribution in [0.2, 0.25) is 0 Å². The highest BCUT2D eigenvalue weighted by Crippen LogP contribution is 2.31. The number of sulfone groups is 1. The lowest BCUT2D eigenvalue weighted by Crippen LogP contribution is -2.22. The van der Waals surface area contributed by atoms with Crippen LogP contribution in [0.1, 0.15) is 52.4 Å². The smallest absolute Gasteiger partial charge is 0.306 e. The van der Waals surface area contributed by atoms with Crippen molar-refractivity contribution >= 4 is 21.8 Å². The SMILES string of the molecule is CCCCOC(=O)CC1CS(=O)(=O)CC1CC(=O)OCCCC. The van der Waals surface area contributed by atoms with Gasteiger partial charge in [-0.2, -0.15) is 0 Å². The summed E-state index contributed by atoms with van der Waals surface area (Å²) in [6.07, 6.45) is 3.55. The van der Waals surface area contributed by atoms with Crippen LogP contribution >= 0.6 is 0 Å². The zero-order valence-electron chi connectivity index (χ0n) is 14.1. The molecule has 2 atom stereocenters. The number of carbonyl (C=O) groups excluding carboxylic acids is 2. The van der Waals surface area contributed by atoms with Crippen molar-refractivity contribution in [3.63, 3.8) is 0 Å². The van der Waals surface area contributed by atoms with Gasteiger partial charge in [0.2, 0.25) is 0 Å². The molecule has 0 aromatic carbocycles. The van der Waals surface area contributed by atoms with Gasteiger partial charge in [0.15, 0.2) is 9.84 Å². The standard InChI is InChI=1S/C16H28O6S/c1-3-5-7-21-15(17)9-13-11-23(19,20)12-14(13)10-16(18)22-8-6-4-2/h13-14H,3-12H2,1-2H3. The molecule has 0 saturated carbocycles. The summed E-state index contributed by atoms with van der Waals surface area (Å²) in [5.41, 5.74) is 0. The molecule has 0 aliphatic carbocycles. The molecule has 0 spiro atoms. The monoisotopic (exact) mass is 348 g/mol.